The summed E-state index contributed by atoms with van der Waals surface area (Å²) in [5.41, 5.74) is 0. The molecule has 1 nitrogen and oxygen atoms in total. The highest BCUT2D eigenvalue weighted by Gasteiger charge is 1.96. The van der Waals surface area contributed by atoms with Gasteiger partial charge in [0.1, 0.15) is 5.75 Å². The second kappa shape index (κ2) is 5.83. The van der Waals surface area contributed by atoms with Crippen molar-refractivity contribution in [3.63, 3.8) is 0 Å². The van der Waals surface area contributed by atoms with E-state index in [-0.39, 0.29) is 0 Å². The monoisotopic (exact) mass is 224 g/mol. The van der Waals surface area contributed by atoms with Gasteiger partial charge >= 0.3 is 0 Å². The molecule has 0 atom stereocenters. The van der Waals surface area contributed by atoms with E-state index in [1.54, 1.807) is 39.8 Å². The van der Waals surface area contributed by atoms with Crippen LogP contribution in [-0.4, -0.2) is 5.11 Å². The van der Waals surface area contributed by atoms with Gasteiger partial charge in [0.05, 0.1) is 0 Å². The second-order valence-electron chi connectivity index (χ2n) is 2.68. The molecule has 0 aliphatic carbocycles. The highest BCUT2D eigenvalue weighted by atomic mass is 33.1. The maximum absolute atomic E-state index is 9.23. The Morgan fingerprint density at radius 2 is 2.29 bits per heavy atom. The van der Waals surface area contributed by atoms with Crippen molar-refractivity contribution >= 4 is 21.6 Å². The minimum Gasteiger partial charge on any atom is -0.508 e. The Hall–Kier alpha value is -0.800. The van der Waals surface area contributed by atoms with Crippen LogP contribution in [0, 0.1) is 0 Å². The van der Waals surface area contributed by atoms with Crippen LogP contribution in [0.25, 0.3) is 0 Å². The van der Waals surface area contributed by atoms with Gasteiger partial charge in [0.15, 0.2) is 0 Å². The van der Waals surface area contributed by atoms with Crippen molar-refractivity contribution in [1.82, 2.24) is 0 Å². The highest BCUT2D eigenvalue weighted by molar-refractivity contribution is 8.78. The Morgan fingerprint density at radius 1 is 1.50 bits per heavy atom. The minimum absolute atomic E-state index is 0.306. The van der Waals surface area contributed by atoms with Crippen molar-refractivity contribution in [2.45, 2.75) is 11.8 Å². The molecule has 0 bridgehead atoms. The Balaban J connectivity index is 2.53. The number of phenolic OH excluding ortho intramolecular Hbond substituents is 1. The number of hydrogen-bond donors (Lipinski definition) is 1. The Bertz CT molecular complexity index is 345. The van der Waals surface area contributed by atoms with Gasteiger partial charge in [-0.1, -0.05) is 46.4 Å². The molecule has 3 heteroatoms. The molecule has 0 aliphatic heterocycles. The summed E-state index contributed by atoms with van der Waals surface area (Å²) in [6.45, 7) is 5.66. The number of allylic oxidation sites excluding steroid dienone is 3. The third-order valence-corrected chi connectivity index (χ3v) is 3.98. The molecule has 0 heterocycles. The van der Waals surface area contributed by atoms with Crippen LogP contribution in [0.5, 0.6) is 5.75 Å². The lowest BCUT2D eigenvalue weighted by Crippen LogP contribution is -1.68. The first-order chi connectivity index (χ1) is 6.72. The van der Waals surface area contributed by atoms with Crippen LogP contribution < -0.4 is 0 Å². The van der Waals surface area contributed by atoms with Crippen molar-refractivity contribution in [3.8, 4) is 5.75 Å². The lowest BCUT2D eigenvalue weighted by atomic mass is 10.3. The molecule has 0 fully saturated rings. The molecule has 1 aromatic carbocycles. The predicted molar refractivity (Wildman–Crippen MR) is 65.5 cm³/mol. The SMILES string of the molecule is C=C/C=C(/C)SSc1cccc(O)c1. The normalized spacial score (nSPS) is 11.4. The number of aromatic hydroxyl groups is 1. The molecule has 1 N–H and O–H groups in total. The van der Waals surface area contributed by atoms with E-state index in [2.05, 4.69) is 6.58 Å². The molecule has 0 aliphatic rings. The molecule has 0 unspecified atom stereocenters. The third-order valence-electron chi connectivity index (χ3n) is 1.44. The highest BCUT2D eigenvalue weighted by Crippen LogP contribution is 2.37. The fourth-order valence-corrected chi connectivity index (χ4v) is 2.69. The Kier molecular flexibility index (Phi) is 4.70. The molecule has 1 rings (SSSR count). The number of benzene rings is 1. The summed E-state index contributed by atoms with van der Waals surface area (Å²) in [4.78, 5) is 2.24. The minimum atomic E-state index is 0.306. The molecule has 0 radical (unpaired) electrons. The van der Waals surface area contributed by atoms with Crippen molar-refractivity contribution in [2.75, 3.05) is 0 Å². The Morgan fingerprint density at radius 3 is 2.93 bits per heavy atom. The smallest absolute Gasteiger partial charge is 0.116 e. The number of rotatable bonds is 4. The largest absolute Gasteiger partial charge is 0.508 e. The molecule has 0 amide bonds. The molecular weight excluding hydrogens is 212 g/mol. The van der Waals surface area contributed by atoms with E-state index in [0.29, 0.717) is 5.75 Å². The van der Waals surface area contributed by atoms with Crippen LogP contribution in [0.4, 0.5) is 0 Å². The summed E-state index contributed by atoms with van der Waals surface area (Å²) < 4.78 is 0. The van der Waals surface area contributed by atoms with Gasteiger partial charge < -0.3 is 5.11 Å². The fraction of sp³-hybridized carbons (Fsp3) is 0.0909. The van der Waals surface area contributed by atoms with Crippen molar-refractivity contribution < 1.29 is 5.11 Å². The van der Waals surface area contributed by atoms with E-state index in [1.165, 1.54) is 4.91 Å². The summed E-state index contributed by atoms with van der Waals surface area (Å²) in [5, 5.41) is 9.23. The number of phenols is 1. The summed E-state index contributed by atoms with van der Waals surface area (Å²) in [6.07, 6.45) is 3.73. The first kappa shape index (κ1) is 11.3. The maximum Gasteiger partial charge on any atom is 0.116 e. The van der Waals surface area contributed by atoms with Gasteiger partial charge in [0, 0.05) is 4.90 Å². The average molecular weight is 224 g/mol. The van der Waals surface area contributed by atoms with Gasteiger partial charge in [0.2, 0.25) is 0 Å². The van der Waals surface area contributed by atoms with Crippen molar-refractivity contribution in [2.24, 2.45) is 0 Å². The molecule has 1 aromatic rings. The van der Waals surface area contributed by atoms with E-state index >= 15 is 0 Å². The van der Waals surface area contributed by atoms with Crippen molar-refractivity contribution in [1.29, 1.82) is 0 Å². The first-order valence-corrected chi connectivity index (χ1v) is 6.30. The van der Waals surface area contributed by atoms with Crippen LogP contribution in [-0.2, 0) is 0 Å². The van der Waals surface area contributed by atoms with Gasteiger partial charge in [0.25, 0.3) is 0 Å². The van der Waals surface area contributed by atoms with Gasteiger partial charge in [-0.3, -0.25) is 0 Å². The fourth-order valence-electron chi connectivity index (χ4n) is 0.843. The van der Waals surface area contributed by atoms with Gasteiger partial charge in [-0.2, -0.15) is 0 Å². The molecule has 0 aromatic heterocycles. The van der Waals surface area contributed by atoms with Crippen molar-refractivity contribution in [3.05, 3.63) is 47.9 Å². The Labute approximate surface area is 92.3 Å². The zero-order valence-corrected chi connectivity index (χ0v) is 9.57. The van der Waals surface area contributed by atoms with E-state index < -0.39 is 0 Å². The standard InChI is InChI=1S/C11H12OS2/c1-3-5-9(2)13-14-11-7-4-6-10(12)8-11/h3-8,12H,1H2,2H3/b9-5-. The van der Waals surface area contributed by atoms with E-state index in [9.17, 15) is 5.11 Å². The zero-order valence-electron chi connectivity index (χ0n) is 7.93. The van der Waals surface area contributed by atoms with Crippen LogP contribution in [0.2, 0.25) is 0 Å². The summed E-state index contributed by atoms with van der Waals surface area (Å²) >= 11 is 0. The van der Waals surface area contributed by atoms with E-state index in [4.69, 9.17) is 0 Å². The van der Waals surface area contributed by atoms with Crippen LogP contribution in [0.15, 0.2) is 52.8 Å². The molecule has 74 valence electrons. The quantitative estimate of drug-likeness (QED) is 0.610. The zero-order chi connectivity index (χ0) is 10.4. The van der Waals surface area contributed by atoms with E-state index in [0.717, 1.165) is 4.90 Å². The lowest BCUT2D eigenvalue weighted by Gasteiger charge is -2.00. The lowest BCUT2D eigenvalue weighted by molar-refractivity contribution is 0.474. The molecule has 0 saturated heterocycles. The first-order valence-electron chi connectivity index (χ1n) is 4.15. The van der Waals surface area contributed by atoms with Gasteiger partial charge in [-0.25, -0.2) is 0 Å². The second-order valence-corrected chi connectivity index (χ2v) is 5.13. The summed E-state index contributed by atoms with van der Waals surface area (Å²) in [5.74, 6) is 0.306. The molecule has 14 heavy (non-hydrogen) atoms. The molecule has 0 spiro atoms. The maximum atomic E-state index is 9.23. The summed E-state index contributed by atoms with van der Waals surface area (Å²) in [7, 11) is 3.28. The van der Waals surface area contributed by atoms with Gasteiger partial charge in [-0.15, -0.1) is 0 Å². The van der Waals surface area contributed by atoms with Crippen LogP contribution >= 0.6 is 21.6 Å². The average Bonchev–Trinajstić information content (AvgIpc) is 2.15. The van der Waals surface area contributed by atoms with Crippen LogP contribution in [0.3, 0.4) is 0 Å². The number of hydrogen-bond acceptors (Lipinski definition) is 3. The van der Waals surface area contributed by atoms with Gasteiger partial charge in [-0.05, 0) is 30.0 Å². The molecular formula is C11H12OS2. The summed E-state index contributed by atoms with van der Waals surface area (Å²) in [6, 6.07) is 7.23. The predicted octanol–water partition coefficient (Wildman–Crippen LogP) is 4.22. The topological polar surface area (TPSA) is 20.2 Å². The third kappa shape index (κ3) is 3.94. The van der Waals surface area contributed by atoms with E-state index in [1.807, 2.05) is 25.1 Å². The van der Waals surface area contributed by atoms with Crippen LogP contribution in [0.1, 0.15) is 6.92 Å². The molecule has 0 saturated carbocycles.